The first-order chi connectivity index (χ1) is 10.8. The highest BCUT2D eigenvalue weighted by Crippen LogP contribution is 2.38. The molecule has 3 nitrogen and oxygen atoms in total. The lowest BCUT2D eigenvalue weighted by molar-refractivity contribution is 0.464. The Kier molecular flexibility index (Phi) is 4.80. The first kappa shape index (κ1) is 15.1. The topological polar surface area (TPSA) is 38.9 Å². The Morgan fingerprint density at radius 2 is 1.77 bits per heavy atom. The first-order valence-corrected chi connectivity index (χ1v) is 8.33. The van der Waals surface area contributed by atoms with Crippen LogP contribution >= 0.6 is 23.4 Å². The van der Waals surface area contributed by atoms with Crippen molar-refractivity contribution in [2.45, 2.75) is 23.8 Å². The van der Waals surface area contributed by atoms with Gasteiger partial charge in [-0.3, -0.25) is 0 Å². The van der Waals surface area contributed by atoms with Gasteiger partial charge in [0.05, 0.1) is 0 Å². The highest BCUT2D eigenvalue weighted by atomic mass is 35.5. The highest BCUT2D eigenvalue weighted by Gasteiger charge is 2.16. The van der Waals surface area contributed by atoms with E-state index in [0.717, 1.165) is 17.0 Å². The molecule has 1 aromatic heterocycles. The SMILES string of the molecule is CC[C@H](Sc1nnc(-c2ccccc2)o1)c1ccc(Cl)cc1. The van der Waals surface area contributed by atoms with E-state index >= 15 is 0 Å². The van der Waals surface area contributed by atoms with E-state index in [2.05, 4.69) is 17.1 Å². The van der Waals surface area contributed by atoms with Gasteiger partial charge in [0.1, 0.15) is 0 Å². The molecule has 2 aromatic carbocycles. The van der Waals surface area contributed by atoms with Crippen molar-refractivity contribution in [3.63, 3.8) is 0 Å². The van der Waals surface area contributed by atoms with Gasteiger partial charge in [0.15, 0.2) is 0 Å². The van der Waals surface area contributed by atoms with E-state index < -0.39 is 0 Å². The molecule has 0 aliphatic heterocycles. The molecule has 22 heavy (non-hydrogen) atoms. The number of rotatable bonds is 5. The third-order valence-electron chi connectivity index (χ3n) is 3.28. The van der Waals surface area contributed by atoms with Gasteiger partial charge in [0, 0.05) is 15.8 Å². The summed E-state index contributed by atoms with van der Waals surface area (Å²) in [5, 5.41) is 9.86. The van der Waals surface area contributed by atoms with E-state index in [-0.39, 0.29) is 5.25 Å². The Balaban J connectivity index is 1.77. The fraction of sp³-hybridized carbons (Fsp3) is 0.176. The average Bonchev–Trinajstić information content (AvgIpc) is 3.03. The molecule has 3 rings (SSSR count). The number of hydrogen-bond acceptors (Lipinski definition) is 4. The van der Waals surface area contributed by atoms with Crippen molar-refractivity contribution < 1.29 is 4.42 Å². The molecule has 0 radical (unpaired) electrons. The lowest BCUT2D eigenvalue weighted by Crippen LogP contribution is -1.92. The third-order valence-corrected chi connectivity index (χ3v) is 4.79. The van der Waals surface area contributed by atoms with Gasteiger partial charge in [-0.05, 0) is 36.2 Å². The molecular formula is C17H15ClN2OS. The maximum absolute atomic E-state index is 5.94. The van der Waals surface area contributed by atoms with Crippen LogP contribution in [-0.4, -0.2) is 10.2 Å². The van der Waals surface area contributed by atoms with Crippen LogP contribution < -0.4 is 0 Å². The predicted octanol–water partition coefficient (Wildman–Crippen LogP) is 5.63. The monoisotopic (exact) mass is 330 g/mol. The fourth-order valence-electron chi connectivity index (χ4n) is 2.14. The number of thioether (sulfide) groups is 1. The van der Waals surface area contributed by atoms with Gasteiger partial charge >= 0.3 is 0 Å². The van der Waals surface area contributed by atoms with Crippen molar-refractivity contribution in [1.29, 1.82) is 0 Å². The van der Waals surface area contributed by atoms with Gasteiger partial charge in [0.2, 0.25) is 5.89 Å². The number of halogens is 1. The summed E-state index contributed by atoms with van der Waals surface area (Å²) in [5.41, 5.74) is 2.14. The second kappa shape index (κ2) is 6.99. The van der Waals surface area contributed by atoms with Crippen LogP contribution in [0.2, 0.25) is 5.02 Å². The molecule has 112 valence electrons. The standard InChI is InChI=1S/C17H15ClN2OS/c1-2-15(12-8-10-14(18)11-9-12)22-17-20-19-16(21-17)13-6-4-3-5-7-13/h3-11,15H,2H2,1H3/t15-/m0/s1. The van der Waals surface area contributed by atoms with Crippen LogP contribution in [-0.2, 0) is 0 Å². The van der Waals surface area contributed by atoms with Crippen molar-refractivity contribution in [3.05, 3.63) is 65.2 Å². The molecule has 3 aromatic rings. The molecule has 0 amide bonds. The molecule has 0 fully saturated rings. The minimum absolute atomic E-state index is 0.265. The molecule has 1 atom stereocenters. The number of nitrogens with zero attached hydrogens (tertiary/aromatic N) is 2. The Hall–Kier alpha value is -1.78. The lowest BCUT2D eigenvalue weighted by atomic mass is 10.1. The molecule has 1 heterocycles. The third kappa shape index (κ3) is 3.51. The van der Waals surface area contributed by atoms with E-state index in [1.807, 2.05) is 54.6 Å². The molecule has 0 saturated carbocycles. The molecule has 0 spiro atoms. The minimum atomic E-state index is 0.265. The largest absolute Gasteiger partial charge is 0.411 e. The Morgan fingerprint density at radius 3 is 2.45 bits per heavy atom. The van der Waals surface area contributed by atoms with Gasteiger partial charge in [-0.2, -0.15) is 0 Å². The molecular weight excluding hydrogens is 316 g/mol. The second-order valence-electron chi connectivity index (χ2n) is 4.81. The molecule has 5 heteroatoms. The molecule has 0 bridgehead atoms. The molecule has 0 N–H and O–H groups in total. The van der Waals surface area contributed by atoms with Crippen LogP contribution in [0.1, 0.15) is 24.2 Å². The fourth-order valence-corrected chi connectivity index (χ4v) is 3.19. The summed E-state index contributed by atoms with van der Waals surface area (Å²) < 4.78 is 5.76. The quantitative estimate of drug-likeness (QED) is 0.568. The summed E-state index contributed by atoms with van der Waals surface area (Å²) in [6.45, 7) is 2.14. The molecule has 0 unspecified atom stereocenters. The summed E-state index contributed by atoms with van der Waals surface area (Å²) in [6, 6.07) is 17.7. The van der Waals surface area contributed by atoms with E-state index in [4.69, 9.17) is 16.0 Å². The smallest absolute Gasteiger partial charge is 0.277 e. The van der Waals surface area contributed by atoms with Gasteiger partial charge in [-0.15, -0.1) is 10.2 Å². The predicted molar refractivity (Wildman–Crippen MR) is 90.1 cm³/mol. The Bertz CT molecular complexity index is 728. The average molecular weight is 331 g/mol. The number of benzene rings is 2. The van der Waals surface area contributed by atoms with E-state index in [0.29, 0.717) is 11.1 Å². The Labute approximate surface area is 138 Å². The van der Waals surface area contributed by atoms with Crippen molar-refractivity contribution in [1.82, 2.24) is 10.2 Å². The van der Waals surface area contributed by atoms with Crippen molar-refractivity contribution in [2.75, 3.05) is 0 Å². The zero-order valence-electron chi connectivity index (χ0n) is 12.1. The van der Waals surface area contributed by atoms with Gasteiger partial charge < -0.3 is 4.42 Å². The van der Waals surface area contributed by atoms with Crippen molar-refractivity contribution in [3.8, 4) is 11.5 Å². The summed E-state index contributed by atoms with van der Waals surface area (Å²) in [5.74, 6) is 0.550. The van der Waals surface area contributed by atoms with Gasteiger partial charge in [0.25, 0.3) is 5.22 Å². The molecule has 0 aliphatic rings. The van der Waals surface area contributed by atoms with Crippen LogP contribution in [0.15, 0.2) is 64.2 Å². The van der Waals surface area contributed by atoms with Crippen molar-refractivity contribution >= 4 is 23.4 Å². The number of hydrogen-bond donors (Lipinski definition) is 0. The normalized spacial score (nSPS) is 12.3. The molecule has 0 aliphatic carbocycles. The molecule has 0 saturated heterocycles. The van der Waals surface area contributed by atoms with E-state index in [1.54, 1.807) is 11.8 Å². The van der Waals surface area contributed by atoms with Crippen LogP contribution in [0.5, 0.6) is 0 Å². The van der Waals surface area contributed by atoms with Crippen LogP contribution in [0, 0.1) is 0 Å². The second-order valence-corrected chi connectivity index (χ2v) is 6.40. The summed E-state index contributed by atoms with van der Waals surface area (Å²) in [6.07, 6.45) is 0.968. The van der Waals surface area contributed by atoms with Crippen LogP contribution in [0.25, 0.3) is 11.5 Å². The summed E-state index contributed by atoms with van der Waals surface area (Å²) in [7, 11) is 0. The van der Waals surface area contributed by atoms with Gasteiger partial charge in [-0.25, -0.2) is 0 Å². The summed E-state index contributed by atoms with van der Waals surface area (Å²) in [4.78, 5) is 0. The zero-order valence-corrected chi connectivity index (χ0v) is 13.6. The highest BCUT2D eigenvalue weighted by molar-refractivity contribution is 7.99. The maximum Gasteiger partial charge on any atom is 0.277 e. The zero-order chi connectivity index (χ0) is 15.4. The van der Waals surface area contributed by atoms with E-state index in [1.165, 1.54) is 5.56 Å². The maximum atomic E-state index is 5.94. The Morgan fingerprint density at radius 1 is 1.05 bits per heavy atom. The van der Waals surface area contributed by atoms with Gasteiger partial charge in [-0.1, -0.05) is 60.6 Å². The number of aromatic nitrogens is 2. The van der Waals surface area contributed by atoms with Crippen LogP contribution in [0.4, 0.5) is 0 Å². The van der Waals surface area contributed by atoms with E-state index in [9.17, 15) is 0 Å². The minimum Gasteiger partial charge on any atom is -0.411 e. The van der Waals surface area contributed by atoms with Crippen molar-refractivity contribution in [2.24, 2.45) is 0 Å². The first-order valence-electron chi connectivity index (χ1n) is 7.07. The summed E-state index contributed by atoms with van der Waals surface area (Å²) >= 11 is 7.52. The lowest BCUT2D eigenvalue weighted by Gasteiger charge is -2.12. The van der Waals surface area contributed by atoms with Crippen LogP contribution in [0.3, 0.4) is 0 Å².